The maximum atomic E-state index is 4.40. The Balaban J connectivity index is 3.00. The first-order valence-electron chi connectivity index (χ1n) is 3.75. The van der Waals surface area contributed by atoms with Gasteiger partial charge in [0, 0.05) is 19.0 Å². The molecule has 1 aliphatic heterocycles. The van der Waals surface area contributed by atoms with E-state index in [1.807, 2.05) is 31.1 Å². The van der Waals surface area contributed by atoms with Crippen LogP contribution in [0.4, 0.5) is 0 Å². The van der Waals surface area contributed by atoms with Gasteiger partial charge in [-0.05, 0) is 32.4 Å². The second-order valence-electron chi connectivity index (χ2n) is 3.00. The van der Waals surface area contributed by atoms with Crippen LogP contribution in [0.2, 0.25) is 0 Å². The largest absolute Gasteiger partial charge is 0.336 e. The van der Waals surface area contributed by atoms with Crippen LogP contribution in [-0.4, -0.2) is 17.7 Å². The lowest BCUT2D eigenvalue weighted by Gasteiger charge is -2.20. The minimum Gasteiger partial charge on any atom is -0.336 e. The highest BCUT2D eigenvalue weighted by Crippen LogP contribution is 2.14. The summed E-state index contributed by atoms with van der Waals surface area (Å²) < 4.78 is 0. The van der Waals surface area contributed by atoms with Gasteiger partial charge in [0.1, 0.15) is 5.82 Å². The van der Waals surface area contributed by atoms with E-state index in [1.165, 1.54) is 5.57 Å². The molecule has 0 aromatic carbocycles. The molecule has 1 heterocycles. The van der Waals surface area contributed by atoms with Crippen LogP contribution in [0, 0.1) is 0 Å². The molecule has 0 aromatic heterocycles. The maximum absolute atomic E-state index is 4.40. The molecular formula is C9H14N2. The quantitative estimate of drug-likeness (QED) is 0.516. The summed E-state index contributed by atoms with van der Waals surface area (Å²) in [4.78, 5) is 6.43. The van der Waals surface area contributed by atoms with Gasteiger partial charge in [0.05, 0.1) is 0 Å². The molecule has 0 radical (unpaired) electrons. The number of nitrogens with zero attached hydrogens (tertiary/aromatic N) is 2. The van der Waals surface area contributed by atoms with E-state index in [9.17, 15) is 0 Å². The fourth-order valence-corrected chi connectivity index (χ4v) is 1.04. The molecule has 0 saturated heterocycles. The molecule has 1 aliphatic rings. The minimum atomic E-state index is 1.06. The first-order chi connectivity index (χ1) is 5.11. The number of hydrogen-bond donors (Lipinski definition) is 0. The molecule has 0 saturated carbocycles. The van der Waals surface area contributed by atoms with Crippen LogP contribution in [-0.2, 0) is 0 Å². The predicted octanol–water partition coefficient (Wildman–Crippen LogP) is 2.16. The summed E-state index contributed by atoms with van der Waals surface area (Å²) in [5.74, 6) is 1.06. The average Bonchev–Trinajstić information content (AvgIpc) is 1.94. The third-order valence-electron chi connectivity index (χ3n) is 1.60. The van der Waals surface area contributed by atoms with E-state index in [4.69, 9.17) is 0 Å². The van der Waals surface area contributed by atoms with E-state index in [0.29, 0.717) is 0 Å². The van der Waals surface area contributed by atoms with Gasteiger partial charge in [-0.15, -0.1) is 0 Å². The van der Waals surface area contributed by atoms with Crippen molar-refractivity contribution in [3.05, 3.63) is 23.7 Å². The lowest BCUT2D eigenvalue weighted by atomic mass is 10.3. The summed E-state index contributed by atoms with van der Waals surface area (Å²) in [6, 6.07) is 0. The Hall–Kier alpha value is -1.05. The van der Waals surface area contributed by atoms with Crippen molar-refractivity contribution in [1.29, 1.82) is 0 Å². The summed E-state index contributed by atoms with van der Waals surface area (Å²) in [5.41, 5.74) is 2.32. The normalized spacial score (nSPS) is 16.9. The lowest BCUT2D eigenvalue weighted by Crippen LogP contribution is -2.15. The van der Waals surface area contributed by atoms with Crippen molar-refractivity contribution in [3.8, 4) is 0 Å². The molecule has 0 fully saturated rings. The van der Waals surface area contributed by atoms with Crippen LogP contribution >= 0.6 is 0 Å². The van der Waals surface area contributed by atoms with Crippen molar-refractivity contribution in [1.82, 2.24) is 4.90 Å². The molecular weight excluding hydrogens is 136 g/mol. The highest BCUT2D eigenvalue weighted by Gasteiger charge is 2.05. The molecule has 0 aromatic rings. The molecule has 0 aliphatic carbocycles. The van der Waals surface area contributed by atoms with Gasteiger partial charge in [0.2, 0.25) is 0 Å². The van der Waals surface area contributed by atoms with E-state index in [2.05, 4.69) is 18.8 Å². The summed E-state index contributed by atoms with van der Waals surface area (Å²) in [6.45, 7) is 6.15. The molecule has 1 rings (SSSR count). The number of hydrogen-bond acceptors (Lipinski definition) is 2. The lowest BCUT2D eigenvalue weighted by molar-refractivity contribution is 0.549. The highest BCUT2D eigenvalue weighted by atomic mass is 15.2. The Morgan fingerprint density at radius 1 is 1.45 bits per heavy atom. The number of allylic oxidation sites excluding steroid dienone is 2. The van der Waals surface area contributed by atoms with Gasteiger partial charge in [0.15, 0.2) is 0 Å². The van der Waals surface area contributed by atoms with E-state index in [1.54, 1.807) is 0 Å². The topological polar surface area (TPSA) is 15.6 Å². The molecule has 0 amide bonds. The van der Waals surface area contributed by atoms with Crippen LogP contribution in [0.5, 0.6) is 0 Å². The van der Waals surface area contributed by atoms with Crippen molar-refractivity contribution in [3.63, 3.8) is 0 Å². The van der Waals surface area contributed by atoms with Crippen LogP contribution in [0.25, 0.3) is 0 Å². The SMILES string of the molecule is CC1=NC(=C(C)C)N(C)C=C1. The second-order valence-corrected chi connectivity index (χ2v) is 3.00. The van der Waals surface area contributed by atoms with Gasteiger partial charge in [-0.25, -0.2) is 4.99 Å². The first-order valence-corrected chi connectivity index (χ1v) is 3.75. The van der Waals surface area contributed by atoms with Crippen molar-refractivity contribution in [2.75, 3.05) is 7.05 Å². The zero-order valence-corrected chi connectivity index (χ0v) is 7.55. The predicted molar refractivity (Wildman–Crippen MR) is 48.4 cm³/mol. The van der Waals surface area contributed by atoms with Crippen molar-refractivity contribution >= 4 is 5.71 Å². The Morgan fingerprint density at radius 2 is 2.09 bits per heavy atom. The minimum absolute atomic E-state index is 1.06. The van der Waals surface area contributed by atoms with Crippen LogP contribution < -0.4 is 0 Å². The monoisotopic (exact) mass is 150 g/mol. The van der Waals surface area contributed by atoms with Crippen LogP contribution in [0.3, 0.4) is 0 Å². The smallest absolute Gasteiger partial charge is 0.131 e. The van der Waals surface area contributed by atoms with Crippen LogP contribution in [0.1, 0.15) is 20.8 Å². The average molecular weight is 150 g/mol. The van der Waals surface area contributed by atoms with Gasteiger partial charge >= 0.3 is 0 Å². The Labute approximate surface area is 67.9 Å². The molecule has 0 spiro atoms. The standard InChI is InChI=1S/C9H14N2/c1-7(2)9-10-8(3)5-6-11(9)4/h5-6H,1-4H3. The third-order valence-corrected chi connectivity index (χ3v) is 1.60. The molecule has 0 atom stereocenters. The maximum Gasteiger partial charge on any atom is 0.131 e. The molecule has 0 N–H and O–H groups in total. The van der Waals surface area contributed by atoms with Gasteiger partial charge in [0.25, 0.3) is 0 Å². The van der Waals surface area contributed by atoms with Gasteiger partial charge in [-0.3, -0.25) is 0 Å². The number of rotatable bonds is 0. The first kappa shape index (κ1) is 8.05. The highest BCUT2D eigenvalue weighted by molar-refractivity contribution is 5.94. The second kappa shape index (κ2) is 2.91. The molecule has 0 bridgehead atoms. The molecule has 60 valence electrons. The summed E-state index contributed by atoms with van der Waals surface area (Å²) in [5, 5.41) is 0. The van der Waals surface area contributed by atoms with Gasteiger partial charge in [-0.2, -0.15) is 0 Å². The molecule has 2 heteroatoms. The van der Waals surface area contributed by atoms with Crippen molar-refractivity contribution in [2.24, 2.45) is 4.99 Å². The van der Waals surface area contributed by atoms with E-state index < -0.39 is 0 Å². The van der Waals surface area contributed by atoms with Gasteiger partial charge < -0.3 is 4.90 Å². The van der Waals surface area contributed by atoms with Crippen LogP contribution in [0.15, 0.2) is 28.7 Å². The van der Waals surface area contributed by atoms with Gasteiger partial charge in [-0.1, -0.05) is 0 Å². The van der Waals surface area contributed by atoms with E-state index in [0.717, 1.165) is 11.5 Å². The Kier molecular flexibility index (Phi) is 2.13. The zero-order valence-electron chi connectivity index (χ0n) is 7.55. The number of aliphatic imine (C=N–C) groups is 1. The van der Waals surface area contributed by atoms with Crippen molar-refractivity contribution in [2.45, 2.75) is 20.8 Å². The zero-order chi connectivity index (χ0) is 8.43. The van der Waals surface area contributed by atoms with E-state index in [-0.39, 0.29) is 0 Å². The summed E-state index contributed by atoms with van der Waals surface area (Å²) >= 11 is 0. The molecule has 0 unspecified atom stereocenters. The van der Waals surface area contributed by atoms with E-state index >= 15 is 0 Å². The Morgan fingerprint density at radius 3 is 2.55 bits per heavy atom. The Bertz CT molecular complexity index is 242. The van der Waals surface area contributed by atoms with Crippen molar-refractivity contribution < 1.29 is 0 Å². The third kappa shape index (κ3) is 1.70. The fraction of sp³-hybridized carbons (Fsp3) is 0.444. The summed E-state index contributed by atoms with van der Waals surface area (Å²) in [7, 11) is 2.01. The summed E-state index contributed by atoms with van der Waals surface area (Å²) in [6.07, 6.45) is 4.04. The fourth-order valence-electron chi connectivity index (χ4n) is 1.04. The molecule has 2 nitrogen and oxygen atoms in total. The molecule has 11 heavy (non-hydrogen) atoms.